The molecule has 1 aliphatic heterocycles. The van der Waals surface area contributed by atoms with Crippen LogP contribution in [-0.4, -0.2) is 20.8 Å². The zero-order valence-electron chi connectivity index (χ0n) is 15.8. The second-order valence-electron chi connectivity index (χ2n) is 10.1. The maximum Gasteiger partial charge on any atom is 0.129 e. The first-order chi connectivity index (χ1) is 13.0. The van der Waals surface area contributed by atoms with Crippen molar-refractivity contribution in [1.29, 1.82) is 0 Å². The lowest BCUT2D eigenvalue weighted by molar-refractivity contribution is -0.127. The molecule has 0 radical (unpaired) electrons. The van der Waals surface area contributed by atoms with Gasteiger partial charge in [0, 0.05) is 11.1 Å². The number of hydrogen-bond donors (Lipinski definition) is 1. The first-order valence-electron chi connectivity index (χ1n) is 10.5. The number of halogens is 1. The van der Waals surface area contributed by atoms with E-state index in [0.717, 1.165) is 22.7 Å². The van der Waals surface area contributed by atoms with E-state index >= 15 is 0 Å². The summed E-state index contributed by atoms with van der Waals surface area (Å²) in [5.74, 6) is 2.41. The molecule has 4 saturated carbocycles. The standard InChI is InChI=1S/C23H27FN2O/c1-23-8-13-5-14(9-23)21(15(6-13)10-23)20(27)7-18-22-16(3-2-4-17(22)24)19-11-25-12-26(18)19/h2-4,11-15,18,20-21,27H,5-10H2,1H3/t13?,14?,15?,18-,20-,21?,23?/m1/s1. The van der Waals surface area contributed by atoms with Gasteiger partial charge in [-0.1, -0.05) is 19.1 Å². The van der Waals surface area contributed by atoms with Crippen molar-refractivity contribution in [2.75, 3.05) is 0 Å². The zero-order valence-corrected chi connectivity index (χ0v) is 15.8. The van der Waals surface area contributed by atoms with E-state index in [1.807, 2.05) is 12.3 Å². The number of fused-ring (bicyclic) bond motifs is 3. The highest BCUT2D eigenvalue weighted by molar-refractivity contribution is 5.69. The summed E-state index contributed by atoms with van der Waals surface area (Å²) in [5, 5.41) is 11.3. The fourth-order valence-corrected chi connectivity index (χ4v) is 7.72. The van der Waals surface area contributed by atoms with Gasteiger partial charge in [-0.25, -0.2) is 9.37 Å². The monoisotopic (exact) mass is 366 g/mol. The van der Waals surface area contributed by atoms with Crippen LogP contribution in [0.5, 0.6) is 0 Å². The number of aliphatic hydroxyl groups excluding tert-OH is 1. The summed E-state index contributed by atoms with van der Waals surface area (Å²) in [5.41, 5.74) is 3.15. The van der Waals surface area contributed by atoms with Crippen LogP contribution in [0.25, 0.3) is 11.3 Å². The lowest BCUT2D eigenvalue weighted by Gasteiger charge is -2.60. The number of rotatable bonds is 3. The smallest absolute Gasteiger partial charge is 0.129 e. The summed E-state index contributed by atoms with van der Waals surface area (Å²) < 4.78 is 16.8. The summed E-state index contributed by atoms with van der Waals surface area (Å²) in [6.45, 7) is 2.46. The van der Waals surface area contributed by atoms with E-state index in [0.29, 0.717) is 29.6 Å². The van der Waals surface area contributed by atoms with Crippen molar-refractivity contribution >= 4 is 0 Å². The van der Waals surface area contributed by atoms with Crippen LogP contribution in [0, 0.1) is 34.9 Å². The molecule has 1 N–H and O–H groups in total. The fraction of sp³-hybridized carbons (Fsp3) is 0.609. The van der Waals surface area contributed by atoms with Gasteiger partial charge in [0.15, 0.2) is 0 Å². The molecule has 27 heavy (non-hydrogen) atoms. The van der Waals surface area contributed by atoms with Crippen LogP contribution in [-0.2, 0) is 0 Å². The Morgan fingerprint density at radius 3 is 2.78 bits per heavy atom. The zero-order chi connectivity index (χ0) is 18.3. The van der Waals surface area contributed by atoms with Crippen molar-refractivity contribution in [2.45, 2.75) is 57.6 Å². The van der Waals surface area contributed by atoms with E-state index in [-0.39, 0.29) is 18.0 Å². The third-order valence-electron chi connectivity index (χ3n) is 8.23. The molecule has 0 saturated heterocycles. The predicted molar refractivity (Wildman–Crippen MR) is 102 cm³/mol. The molecule has 2 heterocycles. The molecule has 4 bridgehead atoms. The van der Waals surface area contributed by atoms with Gasteiger partial charge < -0.3 is 9.67 Å². The van der Waals surface area contributed by atoms with Crippen molar-refractivity contribution in [3.63, 3.8) is 0 Å². The lowest BCUT2D eigenvalue weighted by atomic mass is 9.46. The maximum atomic E-state index is 14.7. The number of benzene rings is 1. The van der Waals surface area contributed by atoms with Crippen LogP contribution in [0.1, 0.15) is 57.1 Å². The highest BCUT2D eigenvalue weighted by Crippen LogP contribution is 2.63. The maximum absolute atomic E-state index is 14.7. The minimum absolute atomic E-state index is 0.138. The second kappa shape index (κ2) is 5.44. The van der Waals surface area contributed by atoms with E-state index in [1.54, 1.807) is 18.5 Å². The average molecular weight is 366 g/mol. The van der Waals surface area contributed by atoms with Crippen molar-refractivity contribution < 1.29 is 9.50 Å². The fourth-order valence-electron chi connectivity index (χ4n) is 7.72. The Kier molecular flexibility index (Phi) is 3.28. The first-order valence-corrected chi connectivity index (χ1v) is 10.5. The van der Waals surface area contributed by atoms with Gasteiger partial charge >= 0.3 is 0 Å². The molecule has 2 unspecified atom stereocenters. The molecule has 0 amide bonds. The second-order valence-corrected chi connectivity index (χ2v) is 10.1. The van der Waals surface area contributed by atoms with E-state index < -0.39 is 0 Å². The third kappa shape index (κ3) is 2.25. The SMILES string of the molecule is CC12CC3CC(C1)C([C@H](O)C[C@@H]1c4c(F)cccc4-c4cncn41)C(C3)C2. The van der Waals surface area contributed by atoms with Crippen molar-refractivity contribution in [2.24, 2.45) is 29.1 Å². The molecular formula is C23H27FN2O. The van der Waals surface area contributed by atoms with Gasteiger partial charge in [0.05, 0.1) is 30.4 Å². The molecule has 0 spiro atoms. The van der Waals surface area contributed by atoms with Crippen LogP contribution < -0.4 is 0 Å². The molecule has 5 aliphatic rings. The van der Waals surface area contributed by atoms with E-state index in [9.17, 15) is 9.50 Å². The van der Waals surface area contributed by atoms with Gasteiger partial charge in [-0.2, -0.15) is 0 Å². The normalized spacial score (nSPS) is 39.4. The van der Waals surface area contributed by atoms with Gasteiger partial charge in [-0.3, -0.25) is 0 Å². The van der Waals surface area contributed by atoms with Crippen molar-refractivity contribution in [3.05, 3.63) is 42.1 Å². The minimum atomic E-state index is -0.366. The topological polar surface area (TPSA) is 38.1 Å². The first kappa shape index (κ1) is 16.3. The molecule has 4 atom stereocenters. The van der Waals surface area contributed by atoms with Crippen molar-refractivity contribution in [1.82, 2.24) is 9.55 Å². The van der Waals surface area contributed by atoms with E-state index in [1.165, 1.54) is 32.1 Å². The average Bonchev–Trinajstić information content (AvgIpc) is 3.16. The van der Waals surface area contributed by atoms with E-state index in [4.69, 9.17) is 0 Å². The molecule has 3 nitrogen and oxygen atoms in total. The lowest BCUT2D eigenvalue weighted by Crippen LogP contribution is -2.53. The number of hydrogen-bond acceptors (Lipinski definition) is 2. The molecular weight excluding hydrogens is 339 g/mol. The summed E-state index contributed by atoms with van der Waals surface area (Å²) in [7, 11) is 0. The molecule has 4 heteroatoms. The molecule has 142 valence electrons. The molecule has 1 aromatic carbocycles. The van der Waals surface area contributed by atoms with Gasteiger partial charge in [-0.05, 0) is 73.7 Å². The van der Waals surface area contributed by atoms with Gasteiger partial charge in [0.2, 0.25) is 0 Å². The summed E-state index contributed by atoms with van der Waals surface area (Å²) in [6, 6.07) is 5.15. The largest absolute Gasteiger partial charge is 0.393 e. The van der Waals surface area contributed by atoms with Crippen LogP contribution >= 0.6 is 0 Å². The minimum Gasteiger partial charge on any atom is -0.393 e. The molecule has 4 aliphatic carbocycles. The van der Waals surface area contributed by atoms with Crippen LogP contribution in [0.2, 0.25) is 0 Å². The Labute approximate surface area is 159 Å². The predicted octanol–water partition coefficient (Wildman–Crippen LogP) is 4.81. The number of nitrogens with zero attached hydrogens (tertiary/aromatic N) is 2. The molecule has 2 aromatic rings. The Balaban J connectivity index is 1.32. The number of aromatic nitrogens is 2. The Morgan fingerprint density at radius 2 is 2.04 bits per heavy atom. The molecule has 4 fully saturated rings. The van der Waals surface area contributed by atoms with Crippen molar-refractivity contribution in [3.8, 4) is 11.3 Å². The number of imidazole rings is 1. The molecule has 1 aromatic heterocycles. The third-order valence-corrected chi connectivity index (χ3v) is 8.23. The van der Waals surface area contributed by atoms with E-state index in [2.05, 4.69) is 16.5 Å². The summed E-state index contributed by atoms with van der Waals surface area (Å²) in [6.07, 6.45) is 10.4. The quantitative estimate of drug-likeness (QED) is 0.847. The Morgan fingerprint density at radius 1 is 1.26 bits per heavy atom. The van der Waals surface area contributed by atoms with Crippen LogP contribution in [0.4, 0.5) is 4.39 Å². The van der Waals surface area contributed by atoms with Crippen LogP contribution in [0.3, 0.4) is 0 Å². The Bertz CT molecular complexity index is 890. The summed E-state index contributed by atoms with van der Waals surface area (Å²) in [4.78, 5) is 4.28. The van der Waals surface area contributed by atoms with Gasteiger partial charge in [0.1, 0.15) is 5.82 Å². The highest BCUT2D eigenvalue weighted by Gasteiger charge is 2.55. The highest BCUT2D eigenvalue weighted by atomic mass is 19.1. The summed E-state index contributed by atoms with van der Waals surface area (Å²) >= 11 is 0. The Hall–Kier alpha value is -1.68. The number of aliphatic hydroxyl groups is 1. The molecule has 7 rings (SSSR count). The van der Waals surface area contributed by atoms with Gasteiger partial charge in [-0.15, -0.1) is 0 Å². The van der Waals surface area contributed by atoms with Gasteiger partial charge in [0.25, 0.3) is 0 Å². The van der Waals surface area contributed by atoms with Crippen LogP contribution in [0.15, 0.2) is 30.7 Å².